The van der Waals surface area contributed by atoms with Crippen molar-refractivity contribution < 1.29 is 22.0 Å². The highest BCUT2D eigenvalue weighted by atomic mass is 19.4. The molecule has 0 bridgehead atoms. The van der Waals surface area contributed by atoms with Gasteiger partial charge in [0.05, 0.1) is 6.20 Å². The second-order valence-electron chi connectivity index (χ2n) is 5.08. The van der Waals surface area contributed by atoms with E-state index in [-0.39, 0.29) is 5.57 Å². The van der Waals surface area contributed by atoms with Crippen LogP contribution in [-0.4, -0.2) is 17.8 Å². The van der Waals surface area contributed by atoms with Gasteiger partial charge >= 0.3 is 12.1 Å². The largest absolute Gasteiger partial charge is 0.459 e. The third-order valence-corrected chi connectivity index (χ3v) is 3.38. The summed E-state index contributed by atoms with van der Waals surface area (Å²) in [6.07, 6.45) is -3.21. The molecule has 0 saturated heterocycles. The van der Waals surface area contributed by atoms with E-state index in [4.69, 9.17) is 0 Å². The Morgan fingerprint density at radius 2 is 1.77 bits per heavy atom. The minimum Gasteiger partial charge on any atom is -0.189 e. The molecular weight excluding hydrogens is 303 g/mol. The van der Waals surface area contributed by atoms with E-state index in [1.165, 1.54) is 0 Å². The highest BCUT2D eigenvalue weighted by molar-refractivity contribution is 6.28. The Morgan fingerprint density at radius 3 is 2.36 bits per heavy atom. The molecule has 119 valence electrons. The molecule has 0 aromatic heterocycles. The number of nitrogens with zero attached hydrogens (tertiary/aromatic N) is 2. The monoisotopic (exact) mass is 317 g/mol. The van der Waals surface area contributed by atoms with Crippen molar-refractivity contribution in [3.63, 3.8) is 0 Å². The molecule has 2 nitrogen and oxygen atoms in total. The zero-order chi connectivity index (χ0) is 16.5. The lowest BCUT2D eigenvalue weighted by molar-refractivity contribution is -0.248. The summed E-state index contributed by atoms with van der Waals surface area (Å²) >= 11 is 0. The molecule has 2 rings (SSSR count). The fourth-order valence-electron chi connectivity index (χ4n) is 2.23. The van der Waals surface area contributed by atoms with Crippen LogP contribution in [0.25, 0.3) is 5.57 Å². The van der Waals surface area contributed by atoms with Crippen LogP contribution < -0.4 is 5.43 Å². The molecule has 0 atom stereocenters. The van der Waals surface area contributed by atoms with Gasteiger partial charge in [-0.2, -0.15) is 27.4 Å². The topological polar surface area (TPSA) is 26.5 Å². The zero-order valence-electron chi connectivity index (χ0n) is 12.0. The summed E-state index contributed by atoms with van der Waals surface area (Å²) in [5.74, 6) is -5.04. The number of halogens is 5. The van der Waals surface area contributed by atoms with Crippen molar-refractivity contribution in [3.8, 4) is 0 Å². The Bertz CT molecular complexity index is 629. The van der Waals surface area contributed by atoms with Crippen LogP contribution in [0.15, 0.2) is 29.5 Å². The summed E-state index contributed by atoms with van der Waals surface area (Å²) in [4.78, 5) is 0. The van der Waals surface area contributed by atoms with Gasteiger partial charge in [0.2, 0.25) is 0 Å². The van der Waals surface area contributed by atoms with Crippen LogP contribution in [0.1, 0.15) is 30.0 Å². The van der Waals surface area contributed by atoms with E-state index in [9.17, 15) is 22.0 Å². The first kappa shape index (κ1) is 16.5. The van der Waals surface area contributed by atoms with Crippen molar-refractivity contribution in [3.05, 3.63) is 41.1 Å². The Morgan fingerprint density at radius 1 is 1.09 bits per heavy atom. The van der Waals surface area contributed by atoms with Gasteiger partial charge in [0.15, 0.2) is 5.71 Å². The van der Waals surface area contributed by atoms with Gasteiger partial charge in [-0.1, -0.05) is 31.5 Å². The van der Waals surface area contributed by atoms with Crippen molar-refractivity contribution in [1.82, 2.24) is 5.43 Å². The van der Waals surface area contributed by atoms with E-state index in [1.807, 2.05) is 13.0 Å². The van der Waals surface area contributed by atoms with Gasteiger partial charge < -0.3 is 0 Å². The molecule has 0 unspecified atom stereocenters. The summed E-state index contributed by atoms with van der Waals surface area (Å²) in [6, 6.07) is 5.14. The molecule has 22 heavy (non-hydrogen) atoms. The molecule has 1 radical (unpaired) electrons. The minimum atomic E-state index is -5.71. The van der Waals surface area contributed by atoms with E-state index in [1.54, 1.807) is 19.1 Å². The smallest absolute Gasteiger partial charge is 0.189 e. The first-order valence-electron chi connectivity index (χ1n) is 6.71. The number of hydrogen-bond acceptors (Lipinski definition) is 1. The molecular formula is C15H14F5N2. The van der Waals surface area contributed by atoms with Crippen LogP contribution in [0.2, 0.25) is 0 Å². The number of allylic oxidation sites excluding steroid dienone is 1. The van der Waals surface area contributed by atoms with Crippen molar-refractivity contribution in [2.45, 2.75) is 38.8 Å². The molecule has 0 N–H and O–H groups in total. The maximum Gasteiger partial charge on any atom is 0.459 e. The standard InChI is InChI=1S/C15H14F5N2/c1-3-4-10-6-5-9(2)11(7-10)12-8-21-22-13(12)14(16,17)15(18,19)20/h5-8H,3-4H2,1-2H3. The van der Waals surface area contributed by atoms with E-state index in [0.717, 1.165) is 18.2 Å². The summed E-state index contributed by atoms with van der Waals surface area (Å²) in [7, 11) is 0. The van der Waals surface area contributed by atoms with Crippen LogP contribution in [0, 0.1) is 6.92 Å². The first-order valence-corrected chi connectivity index (χ1v) is 6.71. The van der Waals surface area contributed by atoms with Crippen molar-refractivity contribution in [2.24, 2.45) is 5.10 Å². The van der Waals surface area contributed by atoms with E-state index < -0.39 is 17.8 Å². The second-order valence-corrected chi connectivity index (χ2v) is 5.08. The molecule has 0 aliphatic carbocycles. The summed E-state index contributed by atoms with van der Waals surface area (Å²) in [5, 5.41) is 3.03. The lowest BCUT2D eigenvalue weighted by atomic mass is 9.92. The highest BCUT2D eigenvalue weighted by Gasteiger charge is 2.63. The molecule has 0 amide bonds. The molecule has 0 fully saturated rings. The minimum absolute atomic E-state index is 0.280. The average molecular weight is 317 g/mol. The van der Waals surface area contributed by atoms with Gasteiger partial charge in [-0.15, -0.1) is 5.10 Å². The van der Waals surface area contributed by atoms with Gasteiger partial charge in [-0.05, 0) is 30.0 Å². The molecule has 1 heterocycles. The molecule has 1 aromatic rings. The summed E-state index contributed by atoms with van der Waals surface area (Å²) in [6.45, 7) is 3.60. The van der Waals surface area contributed by atoms with Gasteiger partial charge in [-0.25, -0.2) is 0 Å². The predicted molar refractivity (Wildman–Crippen MR) is 73.7 cm³/mol. The predicted octanol–water partition coefficient (Wildman–Crippen LogP) is 4.46. The number of hydrogen-bond donors (Lipinski definition) is 0. The number of rotatable bonds is 4. The Labute approximate surface area is 124 Å². The van der Waals surface area contributed by atoms with Crippen LogP contribution in [0.4, 0.5) is 22.0 Å². The van der Waals surface area contributed by atoms with Gasteiger partial charge in [-0.3, -0.25) is 0 Å². The van der Waals surface area contributed by atoms with Gasteiger partial charge in [0, 0.05) is 5.57 Å². The molecule has 1 aliphatic rings. The Balaban J connectivity index is 2.46. The number of benzene rings is 1. The van der Waals surface area contributed by atoms with Crippen LogP contribution in [-0.2, 0) is 6.42 Å². The van der Waals surface area contributed by atoms with Crippen LogP contribution >= 0.6 is 0 Å². The molecule has 1 aromatic carbocycles. The number of aryl methyl sites for hydroxylation is 2. The normalized spacial score (nSPS) is 15.4. The fourth-order valence-corrected chi connectivity index (χ4v) is 2.23. The average Bonchev–Trinajstić information content (AvgIpc) is 2.89. The van der Waals surface area contributed by atoms with Crippen LogP contribution in [0.5, 0.6) is 0 Å². The maximum absolute atomic E-state index is 13.6. The lowest BCUT2D eigenvalue weighted by Gasteiger charge is -2.21. The molecule has 1 aliphatic heterocycles. The molecule has 0 saturated carbocycles. The van der Waals surface area contributed by atoms with Crippen molar-refractivity contribution >= 4 is 11.3 Å². The zero-order valence-corrected chi connectivity index (χ0v) is 12.0. The summed E-state index contributed by atoms with van der Waals surface area (Å²) < 4.78 is 64.9. The molecule has 0 spiro atoms. The van der Waals surface area contributed by atoms with E-state index >= 15 is 0 Å². The van der Waals surface area contributed by atoms with Crippen molar-refractivity contribution in [1.29, 1.82) is 0 Å². The lowest BCUT2D eigenvalue weighted by Crippen LogP contribution is -2.44. The first-order chi connectivity index (χ1) is 10.2. The fraction of sp³-hybridized carbons (Fsp3) is 0.400. The quantitative estimate of drug-likeness (QED) is 0.733. The Hall–Kier alpha value is -1.92. The van der Waals surface area contributed by atoms with E-state index in [0.29, 0.717) is 17.5 Å². The summed E-state index contributed by atoms with van der Waals surface area (Å²) in [5.41, 5.74) is 3.39. The van der Waals surface area contributed by atoms with Crippen molar-refractivity contribution in [2.75, 3.05) is 0 Å². The third kappa shape index (κ3) is 2.84. The van der Waals surface area contributed by atoms with E-state index in [2.05, 4.69) is 10.5 Å². The maximum atomic E-state index is 13.6. The Kier molecular flexibility index (Phi) is 4.26. The van der Waals surface area contributed by atoms with Gasteiger partial charge in [0.1, 0.15) is 0 Å². The number of alkyl halides is 5. The molecule has 7 heteroatoms. The second kappa shape index (κ2) is 5.70. The van der Waals surface area contributed by atoms with Gasteiger partial charge in [0.25, 0.3) is 0 Å². The van der Waals surface area contributed by atoms with Crippen LogP contribution in [0.3, 0.4) is 0 Å². The third-order valence-electron chi connectivity index (χ3n) is 3.38. The SMILES string of the molecule is CCCc1ccc(C)c(C2=C[N]N=C2C(F)(F)C(F)(F)F)c1. The highest BCUT2D eigenvalue weighted by Crippen LogP contribution is 2.42.